The maximum Gasteiger partial charge on any atom is 0.259 e. The molecular weight excluding hydrogens is 433 g/mol. The Labute approximate surface area is 189 Å². The standard InChI is InChI=1S/C21H24FN7O2S/c1-3-31-18(14-5-7-15(22)8-6-14)19(30)24-21-28-27-20(32-21)23-16-10-11-29(12-16)17-9-4-13(2)25-26-17/h4-9,16,18H,3,10-12H2,1-2H3,(H,23,27)(H,24,28,30)/t16-,18?/m1/s1. The molecule has 2 atom stereocenters. The van der Waals surface area contributed by atoms with Crippen LogP contribution in [0.4, 0.5) is 20.5 Å². The van der Waals surface area contributed by atoms with Crippen LogP contribution in [0.15, 0.2) is 36.4 Å². The van der Waals surface area contributed by atoms with E-state index < -0.39 is 6.10 Å². The first-order valence-electron chi connectivity index (χ1n) is 10.3. The number of halogens is 1. The van der Waals surface area contributed by atoms with Crippen molar-refractivity contribution in [1.82, 2.24) is 20.4 Å². The Morgan fingerprint density at radius 2 is 1.97 bits per heavy atom. The summed E-state index contributed by atoms with van der Waals surface area (Å²) in [5.41, 5.74) is 1.45. The smallest absolute Gasteiger partial charge is 0.259 e. The molecule has 0 bridgehead atoms. The van der Waals surface area contributed by atoms with Crippen molar-refractivity contribution in [3.63, 3.8) is 0 Å². The van der Waals surface area contributed by atoms with Crippen LogP contribution in [-0.4, -0.2) is 52.0 Å². The second-order valence-electron chi connectivity index (χ2n) is 7.40. The van der Waals surface area contributed by atoms with Crippen molar-refractivity contribution < 1.29 is 13.9 Å². The van der Waals surface area contributed by atoms with Crippen molar-refractivity contribution in [2.45, 2.75) is 32.4 Å². The molecule has 168 valence electrons. The molecule has 2 N–H and O–H groups in total. The van der Waals surface area contributed by atoms with Gasteiger partial charge in [-0.25, -0.2) is 4.39 Å². The van der Waals surface area contributed by atoms with Gasteiger partial charge >= 0.3 is 0 Å². The van der Waals surface area contributed by atoms with Crippen molar-refractivity contribution in [1.29, 1.82) is 0 Å². The van der Waals surface area contributed by atoms with Crippen molar-refractivity contribution in [3.8, 4) is 0 Å². The van der Waals surface area contributed by atoms with Crippen LogP contribution < -0.4 is 15.5 Å². The third-order valence-electron chi connectivity index (χ3n) is 5.02. The Kier molecular flexibility index (Phi) is 6.86. The van der Waals surface area contributed by atoms with Crippen LogP contribution in [0.3, 0.4) is 0 Å². The molecule has 1 aliphatic rings. The number of nitrogens with one attached hydrogen (secondary N) is 2. The van der Waals surface area contributed by atoms with Crippen LogP contribution in [0.25, 0.3) is 0 Å². The minimum absolute atomic E-state index is 0.185. The summed E-state index contributed by atoms with van der Waals surface area (Å²) in [5, 5.41) is 23.7. The third-order valence-corrected chi connectivity index (χ3v) is 5.79. The van der Waals surface area contributed by atoms with Crippen LogP contribution in [-0.2, 0) is 9.53 Å². The van der Waals surface area contributed by atoms with E-state index in [4.69, 9.17) is 4.74 Å². The number of anilines is 3. The number of ether oxygens (including phenoxy) is 1. The van der Waals surface area contributed by atoms with Gasteiger partial charge in [-0.05, 0) is 50.1 Å². The number of rotatable bonds is 8. The Bertz CT molecular complexity index is 1050. The van der Waals surface area contributed by atoms with Gasteiger partial charge in [0.1, 0.15) is 5.82 Å². The van der Waals surface area contributed by atoms with E-state index in [2.05, 4.69) is 35.9 Å². The number of amides is 1. The quantitative estimate of drug-likeness (QED) is 0.531. The SMILES string of the molecule is CCOC(C(=O)Nc1nnc(N[C@@H]2CCN(c3ccc(C)nn3)C2)s1)c1ccc(F)cc1. The van der Waals surface area contributed by atoms with Gasteiger partial charge in [0.15, 0.2) is 11.9 Å². The molecule has 3 heterocycles. The molecule has 1 unspecified atom stereocenters. The zero-order valence-corrected chi connectivity index (χ0v) is 18.6. The van der Waals surface area contributed by atoms with Gasteiger partial charge in [-0.2, -0.15) is 5.10 Å². The number of aromatic nitrogens is 4. The maximum atomic E-state index is 13.2. The zero-order valence-electron chi connectivity index (χ0n) is 17.8. The minimum Gasteiger partial charge on any atom is -0.364 e. The first kappa shape index (κ1) is 22.0. The van der Waals surface area contributed by atoms with E-state index >= 15 is 0 Å². The fraction of sp³-hybridized carbons (Fsp3) is 0.381. The van der Waals surface area contributed by atoms with E-state index in [-0.39, 0.29) is 17.8 Å². The number of nitrogens with zero attached hydrogens (tertiary/aromatic N) is 5. The summed E-state index contributed by atoms with van der Waals surface area (Å²) in [5.74, 6) is 0.100. The highest BCUT2D eigenvalue weighted by atomic mass is 32.1. The Morgan fingerprint density at radius 1 is 1.19 bits per heavy atom. The van der Waals surface area contributed by atoms with Gasteiger partial charge in [0.2, 0.25) is 10.3 Å². The highest BCUT2D eigenvalue weighted by Gasteiger charge is 2.26. The van der Waals surface area contributed by atoms with Gasteiger partial charge < -0.3 is 15.0 Å². The molecule has 0 spiro atoms. The van der Waals surface area contributed by atoms with E-state index in [1.165, 1.54) is 35.6 Å². The van der Waals surface area contributed by atoms with Crippen molar-refractivity contribution in [2.75, 3.05) is 35.2 Å². The van der Waals surface area contributed by atoms with E-state index in [1.807, 2.05) is 19.1 Å². The number of aryl methyl sites for hydroxylation is 1. The Balaban J connectivity index is 1.34. The number of carbonyl (C=O) groups excluding carboxylic acids is 1. The molecule has 32 heavy (non-hydrogen) atoms. The summed E-state index contributed by atoms with van der Waals surface area (Å²) in [7, 11) is 0. The lowest BCUT2D eigenvalue weighted by Crippen LogP contribution is -2.26. The molecule has 1 aliphatic heterocycles. The minimum atomic E-state index is -0.861. The molecule has 0 aliphatic carbocycles. The third kappa shape index (κ3) is 5.35. The van der Waals surface area contributed by atoms with Crippen LogP contribution in [0, 0.1) is 12.7 Å². The van der Waals surface area contributed by atoms with E-state index in [0.29, 0.717) is 22.4 Å². The molecule has 1 aromatic carbocycles. The summed E-state index contributed by atoms with van der Waals surface area (Å²) in [4.78, 5) is 14.9. The molecule has 3 aromatic rings. The lowest BCUT2D eigenvalue weighted by Gasteiger charge is -2.17. The first-order chi connectivity index (χ1) is 15.5. The van der Waals surface area contributed by atoms with Gasteiger partial charge in [-0.15, -0.1) is 15.3 Å². The summed E-state index contributed by atoms with van der Waals surface area (Å²) >= 11 is 1.25. The molecular formula is C21H24FN7O2S. The molecule has 11 heteroatoms. The Hall–Kier alpha value is -3.18. The van der Waals surface area contributed by atoms with Crippen molar-refractivity contribution >= 4 is 33.3 Å². The predicted molar refractivity (Wildman–Crippen MR) is 120 cm³/mol. The first-order valence-corrected chi connectivity index (χ1v) is 11.2. The summed E-state index contributed by atoms with van der Waals surface area (Å²) in [6.45, 7) is 5.68. The van der Waals surface area contributed by atoms with E-state index in [9.17, 15) is 9.18 Å². The molecule has 4 rings (SSSR count). The number of carbonyl (C=O) groups is 1. The van der Waals surface area contributed by atoms with E-state index in [0.717, 1.165) is 31.0 Å². The van der Waals surface area contributed by atoms with Crippen LogP contribution in [0.1, 0.15) is 30.7 Å². The lowest BCUT2D eigenvalue weighted by molar-refractivity contribution is -0.127. The number of hydrogen-bond acceptors (Lipinski definition) is 9. The fourth-order valence-electron chi connectivity index (χ4n) is 3.45. The number of benzene rings is 1. The molecule has 9 nitrogen and oxygen atoms in total. The average molecular weight is 458 g/mol. The summed E-state index contributed by atoms with van der Waals surface area (Å²) < 4.78 is 18.8. The topological polar surface area (TPSA) is 105 Å². The average Bonchev–Trinajstić information content (AvgIpc) is 3.43. The normalized spacial score (nSPS) is 16.7. The molecule has 0 radical (unpaired) electrons. The number of hydrogen-bond donors (Lipinski definition) is 2. The van der Waals surface area contributed by atoms with Crippen molar-refractivity contribution in [3.05, 3.63) is 53.5 Å². The highest BCUT2D eigenvalue weighted by molar-refractivity contribution is 7.19. The van der Waals surface area contributed by atoms with Gasteiger partial charge in [0.05, 0.1) is 5.69 Å². The molecule has 1 amide bonds. The summed E-state index contributed by atoms with van der Waals surface area (Å²) in [6, 6.07) is 9.77. The van der Waals surface area contributed by atoms with Crippen LogP contribution in [0.2, 0.25) is 0 Å². The molecule has 2 aromatic heterocycles. The highest BCUT2D eigenvalue weighted by Crippen LogP contribution is 2.26. The largest absolute Gasteiger partial charge is 0.364 e. The van der Waals surface area contributed by atoms with Gasteiger partial charge in [0.25, 0.3) is 5.91 Å². The lowest BCUT2D eigenvalue weighted by atomic mass is 10.1. The van der Waals surface area contributed by atoms with Gasteiger partial charge in [-0.3, -0.25) is 10.1 Å². The molecule has 0 saturated carbocycles. The monoisotopic (exact) mass is 457 g/mol. The van der Waals surface area contributed by atoms with Crippen LogP contribution in [0.5, 0.6) is 0 Å². The second kappa shape index (κ2) is 9.96. The zero-order chi connectivity index (χ0) is 22.5. The van der Waals surface area contributed by atoms with Gasteiger partial charge in [0, 0.05) is 25.7 Å². The Morgan fingerprint density at radius 3 is 2.69 bits per heavy atom. The fourth-order valence-corrected chi connectivity index (χ4v) is 4.18. The van der Waals surface area contributed by atoms with E-state index in [1.54, 1.807) is 6.92 Å². The van der Waals surface area contributed by atoms with Crippen LogP contribution >= 0.6 is 11.3 Å². The molecule has 1 saturated heterocycles. The maximum absolute atomic E-state index is 13.2. The summed E-state index contributed by atoms with van der Waals surface area (Å²) in [6.07, 6.45) is 0.0632. The predicted octanol–water partition coefficient (Wildman–Crippen LogP) is 3.18. The molecule has 1 fully saturated rings. The second-order valence-corrected chi connectivity index (χ2v) is 8.37. The van der Waals surface area contributed by atoms with Crippen molar-refractivity contribution in [2.24, 2.45) is 0 Å². The van der Waals surface area contributed by atoms with Gasteiger partial charge in [-0.1, -0.05) is 23.5 Å².